The second kappa shape index (κ2) is 5.97. The first kappa shape index (κ1) is 18.2. The van der Waals surface area contributed by atoms with Crippen molar-refractivity contribution in [1.29, 1.82) is 0 Å². The summed E-state index contributed by atoms with van der Waals surface area (Å²) in [5.41, 5.74) is 2.23. The zero-order chi connectivity index (χ0) is 19.3. The first-order valence-corrected chi connectivity index (χ1v) is 8.63. The summed E-state index contributed by atoms with van der Waals surface area (Å²) in [7, 11) is 1.27. The molecule has 1 aromatic heterocycles. The van der Waals surface area contributed by atoms with Gasteiger partial charge in [-0.1, -0.05) is 27.7 Å². The van der Waals surface area contributed by atoms with Gasteiger partial charge in [0.15, 0.2) is 5.78 Å². The van der Waals surface area contributed by atoms with E-state index in [0.717, 1.165) is 22.9 Å². The van der Waals surface area contributed by atoms with Gasteiger partial charge < -0.3 is 15.0 Å². The van der Waals surface area contributed by atoms with E-state index in [-0.39, 0.29) is 23.7 Å². The zero-order valence-electron chi connectivity index (χ0n) is 15.8. The van der Waals surface area contributed by atoms with E-state index >= 15 is 0 Å². The molecule has 6 nitrogen and oxygen atoms in total. The number of ketones is 1. The highest BCUT2D eigenvalue weighted by molar-refractivity contribution is 6.08. The van der Waals surface area contributed by atoms with Gasteiger partial charge in [0.2, 0.25) is 0 Å². The highest BCUT2D eigenvalue weighted by Crippen LogP contribution is 2.48. The van der Waals surface area contributed by atoms with E-state index in [4.69, 9.17) is 0 Å². The standard InChI is InChI=1S/C20H24N2O4/c1-19(2)10-20(3,4)17(24)16-15(19)12-8-11(6-7-13(12)22-16)18(25)21-9-14(23)26-5/h6-8,22H,9-10H2,1-5H3,(H,21,25). The van der Waals surface area contributed by atoms with Gasteiger partial charge in [0, 0.05) is 21.9 Å². The molecule has 0 aliphatic heterocycles. The Morgan fingerprint density at radius 3 is 2.54 bits per heavy atom. The smallest absolute Gasteiger partial charge is 0.325 e. The molecule has 1 aliphatic carbocycles. The quantitative estimate of drug-likeness (QED) is 0.828. The topological polar surface area (TPSA) is 88.3 Å². The number of rotatable bonds is 3. The molecule has 3 rings (SSSR count). The van der Waals surface area contributed by atoms with Gasteiger partial charge >= 0.3 is 5.97 Å². The fourth-order valence-corrected chi connectivity index (χ4v) is 4.15. The molecule has 1 aromatic carbocycles. The van der Waals surface area contributed by atoms with Gasteiger partial charge in [-0.25, -0.2) is 0 Å². The Kier molecular flexibility index (Phi) is 4.17. The fraction of sp³-hybridized carbons (Fsp3) is 0.450. The maximum atomic E-state index is 12.9. The highest BCUT2D eigenvalue weighted by atomic mass is 16.5. The third-order valence-corrected chi connectivity index (χ3v) is 5.08. The monoisotopic (exact) mass is 356 g/mol. The summed E-state index contributed by atoms with van der Waals surface area (Å²) in [5.74, 6) is -0.764. The van der Waals surface area contributed by atoms with Crippen molar-refractivity contribution in [2.45, 2.75) is 39.5 Å². The number of benzene rings is 1. The van der Waals surface area contributed by atoms with Crippen molar-refractivity contribution >= 4 is 28.6 Å². The van der Waals surface area contributed by atoms with Gasteiger partial charge in [0.1, 0.15) is 6.54 Å². The molecule has 2 N–H and O–H groups in total. The molecule has 0 radical (unpaired) electrons. The number of ether oxygens (including phenoxy) is 1. The Bertz CT molecular complexity index is 921. The lowest BCUT2D eigenvalue weighted by Crippen LogP contribution is -2.39. The van der Waals surface area contributed by atoms with E-state index in [1.807, 2.05) is 13.8 Å². The normalized spacial score (nSPS) is 17.7. The molecule has 1 amide bonds. The van der Waals surface area contributed by atoms with Crippen LogP contribution in [0.1, 0.15) is 60.5 Å². The fourth-order valence-electron chi connectivity index (χ4n) is 4.15. The molecule has 1 heterocycles. The minimum absolute atomic E-state index is 0.0970. The van der Waals surface area contributed by atoms with Crippen molar-refractivity contribution in [3.05, 3.63) is 35.0 Å². The Hall–Kier alpha value is -2.63. The molecule has 1 aliphatic rings. The summed E-state index contributed by atoms with van der Waals surface area (Å²) in [6.07, 6.45) is 0.734. The first-order chi connectivity index (χ1) is 12.1. The predicted molar refractivity (Wildman–Crippen MR) is 98.4 cm³/mol. The van der Waals surface area contributed by atoms with Crippen molar-refractivity contribution in [1.82, 2.24) is 10.3 Å². The van der Waals surface area contributed by atoms with Gasteiger partial charge in [-0.2, -0.15) is 0 Å². The molecule has 26 heavy (non-hydrogen) atoms. The van der Waals surface area contributed by atoms with Crippen LogP contribution in [0.5, 0.6) is 0 Å². The number of H-pyrrole nitrogens is 1. The lowest BCUT2D eigenvalue weighted by molar-refractivity contribution is -0.139. The maximum Gasteiger partial charge on any atom is 0.325 e. The molecule has 0 unspecified atom stereocenters. The van der Waals surface area contributed by atoms with Crippen LogP contribution in [0.15, 0.2) is 18.2 Å². The molecule has 138 valence electrons. The van der Waals surface area contributed by atoms with Crippen molar-refractivity contribution in [3.8, 4) is 0 Å². The number of amides is 1. The highest BCUT2D eigenvalue weighted by Gasteiger charge is 2.45. The average Bonchev–Trinajstić information content (AvgIpc) is 2.96. The van der Waals surface area contributed by atoms with Crippen LogP contribution < -0.4 is 5.32 Å². The Balaban J connectivity index is 2.05. The minimum atomic E-state index is -0.507. The largest absolute Gasteiger partial charge is 0.468 e. The Labute approximate surface area is 152 Å². The molecule has 0 saturated heterocycles. The summed E-state index contributed by atoms with van der Waals surface area (Å²) in [5, 5.41) is 3.41. The molecule has 0 spiro atoms. The first-order valence-electron chi connectivity index (χ1n) is 8.63. The van der Waals surface area contributed by atoms with Crippen LogP contribution in [-0.2, 0) is 14.9 Å². The number of methoxy groups -OCH3 is 1. The number of hydrogen-bond donors (Lipinski definition) is 2. The maximum absolute atomic E-state index is 12.9. The Morgan fingerprint density at radius 2 is 1.88 bits per heavy atom. The summed E-state index contributed by atoms with van der Waals surface area (Å²) in [4.78, 5) is 39.7. The summed E-state index contributed by atoms with van der Waals surface area (Å²) >= 11 is 0. The number of aromatic nitrogens is 1. The molecular weight excluding hydrogens is 332 g/mol. The van der Waals surface area contributed by atoms with E-state index in [1.165, 1.54) is 7.11 Å². The summed E-state index contributed by atoms with van der Waals surface area (Å²) < 4.78 is 4.53. The Morgan fingerprint density at radius 1 is 1.19 bits per heavy atom. The molecule has 0 saturated carbocycles. The second-order valence-corrected chi connectivity index (χ2v) is 8.17. The molecule has 0 atom stereocenters. The molecule has 6 heteroatoms. The zero-order valence-corrected chi connectivity index (χ0v) is 15.8. The van der Waals surface area contributed by atoms with Gasteiger partial charge in [-0.15, -0.1) is 0 Å². The van der Waals surface area contributed by atoms with E-state index in [2.05, 4.69) is 28.9 Å². The number of hydrogen-bond acceptors (Lipinski definition) is 4. The van der Waals surface area contributed by atoms with Crippen molar-refractivity contribution in [3.63, 3.8) is 0 Å². The van der Waals surface area contributed by atoms with E-state index in [9.17, 15) is 14.4 Å². The van der Waals surface area contributed by atoms with Crippen molar-refractivity contribution in [2.75, 3.05) is 13.7 Å². The van der Waals surface area contributed by atoms with E-state index in [0.29, 0.717) is 11.3 Å². The van der Waals surface area contributed by atoms with E-state index < -0.39 is 11.4 Å². The summed E-state index contributed by atoms with van der Waals surface area (Å²) in [6.45, 7) is 8.00. The van der Waals surface area contributed by atoms with E-state index in [1.54, 1.807) is 18.2 Å². The van der Waals surface area contributed by atoms with Gasteiger partial charge in [0.25, 0.3) is 5.91 Å². The second-order valence-electron chi connectivity index (χ2n) is 8.17. The molecular formula is C20H24N2O4. The van der Waals surface area contributed by atoms with Gasteiger partial charge in [-0.05, 0) is 35.6 Å². The van der Waals surface area contributed by atoms with Crippen LogP contribution in [0.2, 0.25) is 0 Å². The van der Waals surface area contributed by atoms with Gasteiger partial charge in [0.05, 0.1) is 12.8 Å². The number of carbonyl (C=O) groups is 3. The minimum Gasteiger partial charge on any atom is -0.468 e. The predicted octanol–water partition coefficient (Wildman–Crippen LogP) is 2.96. The number of carbonyl (C=O) groups excluding carboxylic acids is 3. The molecule has 0 bridgehead atoms. The number of esters is 1. The van der Waals surface area contributed by atoms with Crippen LogP contribution >= 0.6 is 0 Å². The van der Waals surface area contributed by atoms with Crippen LogP contribution in [-0.4, -0.2) is 36.3 Å². The van der Waals surface area contributed by atoms with Crippen molar-refractivity contribution < 1.29 is 19.1 Å². The molecule has 2 aromatic rings. The van der Waals surface area contributed by atoms with Crippen LogP contribution in [0, 0.1) is 5.41 Å². The van der Waals surface area contributed by atoms with Gasteiger partial charge in [-0.3, -0.25) is 14.4 Å². The average molecular weight is 356 g/mol. The third-order valence-electron chi connectivity index (χ3n) is 5.08. The lowest BCUT2D eigenvalue weighted by Gasteiger charge is -2.39. The number of nitrogens with one attached hydrogen (secondary N) is 2. The summed E-state index contributed by atoms with van der Waals surface area (Å²) in [6, 6.07) is 5.27. The molecule has 0 fully saturated rings. The number of fused-ring (bicyclic) bond motifs is 3. The van der Waals surface area contributed by atoms with Crippen molar-refractivity contribution in [2.24, 2.45) is 5.41 Å². The lowest BCUT2D eigenvalue weighted by atomic mass is 9.63. The number of Topliss-reactive ketones (excluding diaryl/α,β-unsaturated/α-hetero) is 1. The number of aromatic amines is 1. The SMILES string of the molecule is COC(=O)CNC(=O)c1ccc2[nH]c3c(c2c1)C(C)(C)CC(C)(C)C3=O. The van der Waals surface area contributed by atoms with Crippen LogP contribution in [0.25, 0.3) is 10.9 Å². The third kappa shape index (κ3) is 2.89. The van der Waals surface area contributed by atoms with Crippen LogP contribution in [0.3, 0.4) is 0 Å². The van der Waals surface area contributed by atoms with Crippen LogP contribution in [0.4, 0.5) is 0 Å².